The van der Waals surface area contributed by atoms with Gasteiger partial charge in [-0.3, -0.25) is 9.20 Å². The van der Waals surface area contributed by atoms with Gasteiger partial charge in [-0.15, -0.1) is 0 Å². The van der Waals surface area contributed by atoms with Crippen molar-refractivity contribution in [2.45, 2.75) is 26.7 Å². The average molecular weight is 353 g/mol. The van der Waals surface area contributed by atoms with E-state index in [0.29, 0.717) is 22.9 Å². The molecule has 0 aliphatic rings. The summed E-state index contributed by atoms with van der Waals surface area (Å²) < 4.78 is 12.4. The maximum atomic E-state index is 13.1. The van der Waals surface area contributed by atoms with E-state index in [1.54, 1.807) is 32.4 Å². The lowest BCUT2D eigenvalue weighted by molar-refractivity contribution is 0.102. The summed E-state index contributed by atoms with van der Waals surface area (Å²) >= 11 is 0. The quantitative estimate of drug-likeness (QED) is 0.731. The number of ether oxygens (including phenoxy) is 2. The van der Waals surface area contributed by atoms with Gasteiger partial charge < -0.3 is 14.8 Å². The van der Waals surface area contributed by atoms with Crippen molar-refractivity contribution >= 4 is 17.2 Å². The number of aryl methyl sites for hydroxylation is 2. The highest BCUT2D eigenvalue weighted by Crippen LogP contribution is 2.30. The van der Waals surface area contributed by atoms with Crippen LogP contribution < -0.4 is 14.8 Å². The molecule has 1 amide bonds. The Morgan fingerprint density at radius 1 is 1.23 bits per heavy atom. The first-order chi connectivity index (χ1) is 12.6. The van der Waals surface area contributed by atoms with Crippen molar-refractivity contribution in [2.24, 2.45) is 0 Å². The predicted molar refractivity (Wildman–Crippen MR) is 101 cm³/mol. The third-order valence-electron chi connectivity index (χ3n) is 4.28. The molecular formula is C20H23N3O3. The van der Waals surface area contributed by atoms with E-state index in [2.05, 4.69) is 17.2 Å². The fraction of sp³-hybridized carbons (Fsp3) is 0.300. The second-order valence-corrected chi connectivity index (χ2v) is 6.06. The number of hydrogen-bond acceptors (Lipinski definition) is 4. The summed E-state index contributed by atoms with van der Waals surface area (Å²) in [4.78, 5) is 17.7. The number of hydrogen-bond donors (Lipinski definition) is 1. The van der Waals surface area contributed by atoms with Crippen LogP contribution in [-0.2, 0) is 6.42 Å². The monoisotopic (exact) mass is 353 g/mol. The smallest absolute Gasteiger partial charge is 0.274 e. The number of nitrogens with one attached hydrogen (secondary N) is 1. The minimum absolute atomic E-state index is 0.213. The Morgan fingerprint density at radius 3 is 2.73 bits per heavy atom. The van der Waals surface area contributed by atoms with Gasteiger partial charge in [-0.2, -0.15) is 0 Å². The summed E-state index contributed by atoms with van der Waals surface area (Å²) in [6, 6.07) is 9.20. The van der Waals surface area contributed by atoms with E-state index in [0.717, 1.165) is 29.7 Å². The number of aromatic nitrogens is 2. The molecule has 0 radical (unpaired) electrons. The molecule has 3 rings (SSSR count). The summed E-state index contributed by atoms with van der Waals surface area (Å²) in [5.41, 5.74) is 3.78. The number of rotatable bonds is 6. The SMILES string of the molecule is CCCc1nc2c(C)cccn2c1C(=O)Nc1ccc(OC)cc1OC. The van der Waals surface area contributed by atoms with Gasteiger partial charge in [0, 0.05) is 12.3 Å². The van der Waals surface area contributed by atoms with Crippen molar-refractivity contribution < 1.29 is 14.3 Å². The highest BCUT2D eigenvalue weighted by atomic mass is 16.5. The number of amides is 1. The Hall–Kier alpha value is -3.02. The van der Waals surface area contributed by atoms with Crippen molar-refractivity contribution in [3.63, 3.8) is 0 Å². The molecule has 0 bridgehead atoms. The van der Waals surface area contributed by atoms with E-state index in [1.165, 1.54) is 0 Å². The Morgan fingerprint density at radius 2 is 2.04 bits per heavy atom. The normalized spacial score (nSPS) is 10.8. The van der Waals surface area contributed by atoms with Crippen LogP contribution in [0.1, 0.15) is 35.1 Å². The molecular weight excluding hydrogens is 330 g/mol. The number of nitrogens with zero attached hydrogens (tertiary/aromatic N) is 2. The first-order valence-corrected chi connectivity index (χ1v) is 8.59. The molecule has 0 saturated heterocycles. The van der Waals surface area contributed by atoms with Crippen LogP contribution in [0, 0.1) is 6.92 Å². The van der Waals surface area contributed by atoms with E-state index in [-0.39, 0.29) is 5.91 Å². The third kappa shape index (κ3) is 3.22. The largest absolute Gasteiger partial charge is 0.497 e. The van der Waals surface area contributed by atoms with E-state index < -0.39 is 0 Å². The lowest BCUT2D eigenvalue weighted by atomic mass is 10.2. The molecule has 0 atom stereocenters. The fourth-order valence-corrected chi connectivity index (χ4v) is 2.99. The minimum Gasteiger partial charge on any atom is -0.497 e. The molecule has 0 aliphatic carbocycles. The van der Waals surface area contributed by atoms with Crippen LogP contribution in [0.2, 0.25) is 0 Å². The number of anilines is 1. The number of pyridine rings is 1. The van der Waals surface area contributed by atoms with Crippen LogP contribution in [0.3, 0.4) is 0 Å². The highest BCUT2D eigenvalue weighted by Gasteiger charge is 2.20. The molecule has 6 heteroatoms. The van der Waals surface area contributed by atoms with E-state index in [4.69, 9.17) is 9.47 Å². The summed E-state index contributed by atoms with van der Waals surface area (Å²) in [5.74, 6) is 0.992. The predicted octanol–water partition coefficient (Wildman–Crippen LogP) is 3.86. The highest BCUT2D eigenvalue weighted by molar-refractivity contribution is 6.05. The Labute approximate surface area is 152 Å². The number of carbonyl (C=O) groups excluding carboxylic acids is 1. The molecule has 2 heterocycles. The second kappa shape index (κ2) is 7.47. The van der Waals surface area contributed by atoms with Crippen LogP contribution >= 0.6 is 0 Å². The zero-order valence-corrected chi connectivity index (χ0v) is 15.5. The van der Waals surface area contributed by atoms with E-state index in [1.807, 2.05) is 29.7 Å². The number of fused-ring (bicyclic) bond motifs is 1. The standard InChI is InChI=1S/C20H23N3O3/c1-5-7-16-18(23-11-6-8-13(2)19(23)21-16)20(24)22-15-10-9-14(25-3)12-17(15)26-4/h6,8-12H,5,7H2,1-4H3,(H,22,24). The van der Waals surface area contributed by atoms with Gasteiger partial charge in [-0.1, -0.05) is 19.4 Å². The van der Waals surface area contributed by atoms with Gasteiger partial charge in [0.05, 0.1) is 25.6 Å². The van der Waals surface area contributed by atoms with Crippen LogP contribution in [0.5, 0.6) is 11.5 Å². The molecule has 0 spiro atoms. The Balaban J connectivity index is 2.03. The Kier molecular flexibility index (Phi) is 5.11. The van der Waals surface area contributed by atoms with Crippen LogP contribution in [-0.4, -0.2) is 29.5 Å². The number of carbonyl (C=O) groups is 1. The summed E-state index contributed by atoms with van der Waals surface area (Å²) in [6.45, 7) is 4.07. The Bertz CT molecular complexity index is 947. The molecule has 6 nitrogen and oxygen atoms in total. The second-order valence-electron chi connectivity index (χ2n) is 6.06. The van der Waals surface area contributed by atoms with Gasteiger partial charge in [-0.25, -0.2) is 4.98 Å². The molecule has 0 unspecified atom stereocenters. The lowest BCUT2D eigenvalue weighted by Gasteiger charge is -2.12. The third-order valence-corrected chi connectivity index (χ3v) is 4.28. The lowest BCUT2D eigenvalue weighted by Crippen LogP contribution is -2.17. The summed E-state index contributed by atoms with van der Waals surface area (Å²) in [7, 11) is 3.15. The molecule has 1 aromatic carbocycles. The van der Waals surface area contributed by atoms with Crippen molar-refractivity contribution in [2.75, 3.05) is 19.5 Å². The van der Waals surface area contributed by atoms with E-state index >= 15 is 0 Å². The van der Waals surface area contributed by atoms with Crippen LogP contribution in [0.15, 0.2) is 36.5 Å². The summed E-state index contributed by atoms with van der Waals surface area (Å²) in [6.07, 6.45) is 3.52. The van der Waals surface area contributed by atoms with Crippen LogP contribution in [0.4, 0.5) is 5.69 Å². The fourth-order valence-electron chi connectivity index (χ4n) is 2.99. The number of methoxy groups -OCH3 is 2. The van der Waals surface area contributed by atoms with E-state index in [9.17, 15) is 4.79 Å². The summed E-state index contributed by atoms with van der Waals surface area (Å²) in [5, 5.41) is 2.95. The van der Waals surface area contributed by atoms with Gasteiger partial charge in [-0.05, 0) is 37.1 Å². The molecule has 1 N–H and O–H groups in total. The number of imidazole rings is 1. The number of benzene rings is 1. The van der Waals surface area contributed by atoms with Crippen molar-refractivity contribution in [1.29, 1.82) is 0 Å². The topological polar surface area (TPSA) is 64.9 Å². The molecule has 2 aromatic heterocycles. The zero-order chi connectivity index (χ0) is 18.7. The van der Waals surface area contributed by atoms with Crippen molar-refractivity contribution in [3.05, 3.63) is 53.5 Å². The first kappa shape index (κ1) is 17.8. The zero-order valence-electron chi connectivity index (χ0n) is 15.5. The molecule has 0 aliphatic heterocycles. The molecule has 136 valence electrons. The molecule has 3 aromatic rings. The van der Waals surface area contributed by atoms with Gasteiger partial charge in [0.15, 0.2) is 0 Å². The van der Waals surface area contributed by atoms with Crippen LogP contribution in [0.25, 0.3) is 5.65 Å². The first-order valence-electron chi connectivity index (χ1n) is 8.59. The van der Waals surface area contributed by atoms with Gasteiger partial charge >= 0.3 is 0 Å². The maximum absolute atomic E-state index is 13.1. The molecule has 26 heavy (non-hydrogen) atoms. The molecule has 0 fully saturated rings. The molecule has 0 saturated carbocycles. The van der Waals surface area contributed by atoms with Crippen molar-refractivity contribution in [1.82, 2.24) is 9.38 Å². The minimum atomic E-state index is -0.213. The van der Waals surface area contributed by atoms with Gasteiger partial charge in [0.25, 0.3) is 5.91 Å². The average Bonchev–Trinajstić information content (AvgIpc) is 3.02. The van der Waals surface area contributed by atoms with Gasteiger partial charge in [0.1, 0.15) is 22.8 Å². The maximum Gasteiger partial charge on any atom is 0.274 e. The van der Waals surface area contributed by atoms with Gasteiger partial charge in [0.2, 0.25) is 0 Å². The van der Waals surface area contributed by atoms with Crippen molar-refractivity contribution in [3.8, 4) is 11.5 Å².